The maximum atomic E-state index is 11.5. The maximum absolute atomic E-state index is 11.5. The first-order valence-electron chi connectivity index (χ1n) is 4.99. The van der Waals surface area contributed by atoms with Crippen LogP contribution in [-0.2, 0) is 4.79 Å². The van der Waals surface area contributed by atoms with E-state index in [1.54, 1.807) is 6.08 Å². The first kappa shape index (κ1) is 11.3. The molecule has 0 radical (unpaired) electrons. The van der Waals surface area contributed by atoms with Gasteiger partial charge in [-0.25, -0.2) is 0 Å². The van der Waals surface area contributed by atoms with E-state index in [-0.39, 0.29) is 11.4 Å². The third-order valence-corrected chi connectivity index (χ3v) is 2.85. The Kier molecular flexibility index (Phi) is 3.12. The molecule has 76 valence electrons. The molecule has 0 saturated carbocycles. The van der Waals surface area contributed by atoms with Gasteiger partial charge in [0.1, 0.15) is 6.07 Å². The second-order valence-electron chi connectivity index (χ2n) is 3.53. The molecule has 0 N–H and O–H groups in total. The van der Waals surface area contributed by atoms with E-state index in [4.69, 9.17) is 11.7 Å². The average Bonchev–Trinajstić information content (AvgIpc) is 2.29. The molecule has 0 aromatic carbocycles. The standard InChI is InChI=1S/C13H13NO/c1-4-11-7-12(15)10(9-14)8-13(11,5-2)6-3/h2,7-8H,4,6H2,1,3H3/t13-/m0/s1. The summed E-state index contributed by atoms with van der Waals surface area (Å²) < 4.78 is 0. The second-order valence-corrected chi connectivity index (χ2v) is 3.53. The zero-order chi connectivity index (χ0) is 11.5. The van der Waals surface area contributed by atoms with Crippen molar-refractivity contribution < 1.29 is 4.79 Å². The molecule has 15 heavy (non-hydrogen) atoms. The molecular weight excluding hydrogens is 186 g/mol. The number of carbonyl (C=O) groups is 1. The van der Waals surface area contributed by atoms with E-state index in [0.29, 0.717) is 6.42 Å². The number of hydrogen-bond acceptors (Lipinski definition) is 2. The van der Waals surface area contributed by atoms with Crippen molar-refractivity contribution in [3.05, 3.63) is 23.3 Å². The highest BCUT2D eigenvalue weighted by Crippen LogP contribution is 2.38. The number of ketones is 1. The van der Waals surface area contributed by atoms with Gasteiger partial charge in [0.25, 0.3) is 0 Å². The number of nitriles is 1. The minimum atomic E-state index is -0.534. The molecule has 1 aliphatic carbocycles. The van der Waals surface area contributed by atoms with Crippen LogP contribution in [0.15, 0.2) is 23.3 Å². The van der Waals surface area contributed by atoms with Crippen molar-refractivity contribution in [2.75, 3.05) is 0 Å². The number of allylic oxidation sites excluding steroid dienone is 4. The molecule has 2 heteroatoms. The largest absolute Gasteiger partial charge is 0.288 e. The van der Waals surface area contributed by atoms with Crippen molar-refractivity contribution >= 4 is 5.78 Å². The van der Waals surface area contributed by atoms with Crippen molar-refractivity contribution in [3.8, 4) is 18.4 Å². The van der Waals surface area contributed by atoms with Gasteiger partial charge in [0.05, 0.1) is 11.0 Å². The lowest BCUT2D eigenvalue weighted by Gasteiger charge is -2.29. The van der Waals surface area contributed by atoms with Gasteiger partial charge in [-0.1, -0.05) is 19.8 Å². The molecule has 2 nitrogen and oxygen atoms in total. The summed E-state index contributed by atoms with van der Waals surface area (Å²) >= 11 is 0. The van der Waals surface area contributed by atoms with E-state index in [9.17, 15) is 4.79 Å². The Hall–Kier alpha value is -1.80. The monoisotopic (exact) mass is 199 g/mol. The topological polar surface area (TPSA) is 40.9 Å². The first-order valence-corrected chi connectivity index (χ1v) is 4.99. The van der Waals surface area contributed by atoms with Crippen LogP contribution in [0.2, 0.25) is 0 Å². The Morgan fingerprint density at radius 1 is 1.53 bits per heavy atom. The average molecular weight is 199 g/mol. The SMILES string of the molecule is C#C[C@]1(CC)C=C(C#N)C(=O)C=C1CC. The molecule has 0 aromatic heterocycles. The Balaban J connectivity index is 3.32. The minimum Gasteiger partial charge on any atom is -0.288 e. The van der Waals surface area contributed by atoms with E-state index in [0.717, 1.165) is 12.0 Å². The molecule has 1 atom stereocenters. The van der Waals surface area contributed by atoms with Crippen LogP contribution in [0.5, 0.6) is 0 Å². The quantitative estimate of drug-likeness (QED) is 0.641. The highest BCUT2D eigenvalue weighted by molar-refractivity contribution is 6.08. The molecule has 0 fully saturated rings. The van der Waals surface area contributed by atoms with Crippen molar-refractivity contribution in [1.82, 2.24) is 0 Å². The molecule has 1 aliphatic rings. The van der Waals surface area contributed by atoms with Gasteiger partial charge in [-0.05, 0) is 30.6 Å². The fourth-order valence-corrected chi connectivity index (χ4v) is 1.85. The summed E-state index contributed by atoms with van der Waals surface area (Å²) in [6, 6.07) is 1.89. The van der Waals surface area contributed by atoms with Gasteiger partial charge in [0.2, 0.25) is 0 Å². The number of carbonyl (C=O) groups excluding carboxylic acids is 1. The van der Waals surface area contributed by atoms with E-state index in [1.807, 2.05) is 19.9 Å². The first-order chi connectivity index (χ1) is 7.13. The summed E-state index contributed by atoms with van der Waals surface area (Å²) in [6.45, 7) is 3.93. The fourth-order valence-electron chi connectivity index (χ4n) is 1.85. The predicted molar refractivity (Wildman–Crippen MR) is 58.6 cm³/mol. The lowest BCUT2D eigenvalue weighted by atomic mass is 9.72. The third kappa shape index (κ3) is 1.72. The van der Waals surface area contributed by atoms with Gasteiger partial charge in [0.15, 0.2) is 5.78 Å². The summed E-state index contributed by atoms with van der Waals surface area (Å²) in [6.07, 6.45) is 10.1. The van der Waals surface area contributed by atoms with Gasteiger partial charge in [-0.2, -0.15) is 5.26 Å². The summed E-state index contributed by atoms with van der Waals surface area (Å²) in [5, 5.41) is 8.81. The molecule has 1 rings (SSSR count). The lowest BCUT2D eigenvalue weighted by Crippen LogP contribution is -2.24. The van der Waals surface area contributed by atoms with E-state index in [2.05, 4.69) is 5.92 Å². The molecule has 0 unspecified atom stereocenters. The van der Waals surface area contributed by atoms with Gasteiger partial charge < -0.3 is 0 Å². The highest BCUT2D eigenvalue weighted by atomic mass is 16.1. The summed E-state index contributed by atoms with van der Waals surface area (Å²) in [7, 11) is 0. The predicted octanol–water partition coefficient (Wildman–Crippen LogP) is 2.39. The van der Waals surface area contributed by atoms with Crippen LogP contribution in [0, 0.1) is 29.1 Å². The van der Waals surface area contributed by atoms with Crippen LogP contribution >= 0.6 is 0 Å². The zero-order valence-corrected chi connectivity index (χ0v) is 9.00. The number of hydrogen-bond donors (Lipinski definition) is 0. The molecular formula is C13H13NO. The molecule has 0 amide bonds. The number of rotatable bonds is 2. The summed E-state index contributed by atoms with van der Waals surface area (Å²) in [5.41, 5.74) is 0.553. The smallest absolute Gasteiger partial charge is 0.196 e. The molecule has 0 aromatic rings. The number of nitrogens with zero attached hydrogens (tertiary/aromatic N) is 1. The molecule has 0 spiro atoms. The molecule has 0 aliphatic heterocycles. The second kappa shape index (κ2) is 4.15. The van der Waals surface area contributed by atoms with Gasteiger partial charge in [0, 0.05) is 0 Å². The lowest BCUT2D eigenvalue weighted by molar-refractivity contribution is -0.111. The Morgan fingerprint density at radius 2 is 2.20 bits per heavy atom. The Bertz CT molecular complexity index is 428. The normalized spacial score (nSPS) is 24.9. The van der Waals surface area contributed by atoms with E-state index in [1.165, 1.54) is 6.08 Å². The maximum Gasteiger partial charge on any atom is 0.196 e. The fraction of sp³-hybridized carbons (Fsp3) is 0.385. The van der Waals surface area contributed by atoms with Crippen molar-refractivity contribution in [2.24, 2.45) is 5.41 Å². The molecule has 0 bridgehead atoms. The Labute approximate surface area is 90.3 Å². The van der Waals surface area contributed by atoms with Crippen LogP contribution in [0.3, 0.4) is 0 Å². The van der Waals surface area contributed by atoms with Crippen LogP contribution < -0.4 is 0 Å². The minimum absolute atomic E-state index is 0.159. The van der Waals surface area contributed by atoms with Crippen LogP contribution in [0.25, 0.3) is 0 Å². The van der Waals surface area contributed by atoms with Crippen LogP contribution in [0.4, 0.5) is 0 Å². The summed E-state index contributed by atoms with van der Waals surface area (Å²) in [5.74, 6) is 2.48. The van der Waals surface area contributed by atoms with Gasteiger partial charge in [-0.15, -0.1) is 6.42 Å². The van der Waals surface area contributed by atoms with Crippen molar-refractivity contribution in [2.45, 2.75) is 26.7 Å². The molecule has 0 heterocycles. The van der Waals surface area contributed by atoms with Crippen LogP contribution in [0.1, 0.15) is 26.7 Å². The number of terminal acetylenes is 1. The van der Waals surface area contributed by atoms with Crippen LogP contribution in [-0.4, -0.2) is 5.78 Å². The van der Waals surface area contributed by atoms with Crippen molar-refractivity contribution in [3.63, 3.8) is 0 Å². The van der Waals surface area contributed by atoms with Gasteiger partial charge >= 0.3 is 0 Å². The highest BCUT2D eigenvalue weighted by Gasteiger charge is 2.32. The third-order valence-electron chi connectivity index (χ3n) is 2.85. The Morgan fingerprint density at radius 3 is 2.60 bits per heavy atom. The summed E-state index contributed by atoms with van der Waals surface area (Å²) in [4.78, 5) is 11.5. The van der Waals surface area contributed by atoms with Crippen molar-refractivity contribution in [1.29, 1.82) is 5.26 Å². The zero-order valence-electron chi connectivity index (χ0n) is 9.00. The van der Waals surface area contributed by atoms with E-state index < -0.39 is 5.41 Å². The van der Waals surface area contributed by atoms with Gasteiger partial charge in [-0.3, -0.25) is 4.79 Å². The molecule has 0 saturated heterocycles. The van der Waals surface area contributed by atoms with E-state index >= 15 is 0 Å².